The lowest BCUT2D eigenvalue weighted by molar-refractivity contribution is -0.384. The molecule has 0 aromatic heterocycles. The van der Waals surface area contributed by atoms with Gasteiger partial charge in [-0.2, -0.15) is 0 Å². The van der Waals surface area contributed by atoms with Crippen molar-refractivity contribution in [3.63, 3.8) is 0 Å². The highest BCUT2D eigenvalue weighted by Crippen LogP contribution is 2.33. The molecule has 0 bridgehead atoms. The first-order valence-corrected chi connectivity index (χ1v) is 6.81. The Morgan fingerprint density at radius 1 is 1.60 bits per heavy atom. The zero-order valence-corrected chi connectivity index (χ0v) is 11.8. The fourth-order valence-corrected chi connectivity index (χ4v) is 2.51. The average molecular weight is 280 g/mol. The van der Waals surface area contributed by atoms with E-state index in [1.54, 1.807) is 6.07 Å². The molecule has 1 heterocycles. The van der Waals surface area contributed by atoms with E-state index in [1.807, 2.05) is 0 Å². The van der Waals surface area contributed by atoms with Gasteiger partial charge in [0.15, 0.2) is 0 Å². The third-order valence-electron chi connectivity index (χ3n) is 3.88. The first-order chi connectivity index (χ1) is 9.43. The largest absolute Gasteiger partial charge is 0.508 e. The van der Waals surface area contributed by atoms with Crippen LogP contribution in [0.3, 0.4) is 0 Å². The van der Waals surface area contributed by atoms with Crippen molar-refractivity contribution < 1.29 is 14.8 Å². The highest BCUT2D eigenvalue weighted by Gasteiger charge is 2.32. The minimum Gasteiger partial charge on any atom is -0.508 e. The maximum Gasteiger partial charge on any atom is 0.296 e. The van der Waals surface area contributed by atoms with Crippen molar-refractivity contribution >= 4 is 11.4 Å². The van der Waals surface area contributed by atoms with Crippen LogP contribution in [-0.4, -0.2) is 28.3 Å². The minimum atomic E-state index is -0.486. The van der Waals surface area contributed by atoms with Crippen LogP contribution in [-0.2, 0) is 4.74 Å². The zero-order chi connectivity index (χ0) is 14.8. The van der Waals surface area contributed by atoms with Gasteiger partial charge in [0.25, 0.3) is 5.69 Å². The number of nitrogens with one attached hydrogen (secondary N) is 1. The van der Waals surface area contributed by atoms with E-state index in [0.29, 0.717) is 12.3 Å². The van der Waals surface area contributed by atoms with Crippen LogP contribution >= 0.6 is 0 Å². The maximum absolute atomic E-state index is 11.0. The molecule has 0 radical (unpaired) electrons. The quantitative estimate of drug-likeness (QED) is 0.503. The first kappa shape index (κ1) is 14.6. The second kappa shape index (κ2) is 5.66. The average Bonchev–Trinajstić information content (AvgIpc) is 2.41. The molecule has 1 fully saturated rings. The molecular weight excluding hydrogens is 260 g/mol. The standard InChI is InChI=1S/C14H20N2O4/c1-3-14(2)9-10(6-7-20-14)15-12-5-4-11(17)8-13(12)16(18)19/h4-5,8,10,15,17H,3,6-7,9H2,1-2H3. The van der Waals surface area contributed by atoms with Crippen molar-refractivity contribution in [2.24, 2.45) is 0 Å². The van der Waals surface area contributed by atoms with Crippen molar-refractivity contribution in [2.45, 2.75) is 44.8 Å². The molecule has 0 aliphatic carbocycles. The van der Waals surface area contributed by atoms with E-state index in [9.17, 15) is 15.2 Å². The predicted octanol–water partition coefficient (Wildman–Crippen LogP) is 3.06. The van der Waals surface area contributed by atoms with Crippen LogP contribution in [0.1, 0.15) is 33.1 Å². The normalized spacial score (nSPS) is 26.2. The second-order valence-corrected chi connectivity index (χ2v) is 5.44. The number of hydrogen-bond acceptors (Lipinski definition) is 5. The molecule has 1 saturated heterocycles. The molecule has 0 saturated carbocycles. The molecule has 1 aliphatic rings. The third-order valence-corrected chi connectivity index (χ3v) is 3.88. The fraction of sp³-hybridized carbons (Fsp3) is 0.571. The second-order valence-electron chi connectivity index (χ2n) is 5.44. The number of nitrogens with zero attached hydrogens (tertiary/aromatic N) is 1. The van der Waals surface area contributed by atoms with Crippen molar-refractivity contribution in [2.75, 3.05) is 11.9 Å². The molecule has 2 rings (SSSR count). The number of aromatic hydroxyl groups is 1. The van der Waals surface area contributed by atoms with E-state index in [-0.39, 0.29) is 23.1 Å². The summed E-state index contributed by atoms with van der Waals surface area (Å²) in [5.74, 6) is -0.104. The van der Waals surface area contributed by atoms with Crippen molar-refractivity contribution in [1.82, 2.24) is 0 Å². The van der Waals surface area contributed by atoms with E-state index < -0.39 is 4.92 Å². The number of nitro benzene ring substituents is 1. The molecule has 6 heteroatoms. The summed E-state index contributed by atoms with van der Waals surface area (Å²) in [5.41, 5.74) is 0.162. The molecule has 20 heavy (non-hydrogen) atoms. The van der Waals surface area contributed by atoms with Gasteiger partial charge in [-0.3, -0.25) is 10.1 Å². The molecule has 0 spiro atoms. The topological polar surface area (TPSA) is 84.6 Å². The number of benzene rings is 1. The molecule has 6 nitrogen and oxygen atoms in total. The van der Waals surface area contributed by atoms with Crippen molar-refractivity contribution in [3.05, 3.63) is 28.3 Å². The van der Waals surface area contributed by atoms with Crippen LogP contribution in [0.2, 0.25) is 0 Å². The van der Waals surface area contributed by atoms with Crippen LogP contribution in [0.5, 0.6) is 5.75 Å². The number of rotatable bonds is 4. The Morgan fingerprint density at radius 3 is 3.00 bits per heavy atom. The van der Waals surface area contributed by atoms with Gasteiger partial charge in [-0.15, -0.1) is 0 Å². The molecule has 0 amide bonds. The molecule has 1 aromatic carbocycles. The van der Waals surface area contributed by atoms with E-state index >= 15 is 0 Å². The van der Waals surface area contributed by atoms with Gasteiger partial charge in [0, 0.05) is 12.6 Å². The Hall–Kier alpha value is -1.82. The van der Waals surface area contributed by atoms with Gasteiger partial charge in [0.1, 0.15) is 11.4 Å². The lowest BCUT2D eigenvalue weighted by Crippen LogP contribution is -2.41. The number of nitro groups is 1. The monoisotopic (exact) mass is 280 g/mol. The zero-order valence-electron chi connectivity index (χ0n) is 11.8. The molecule has 2 atom stereocenters. The highest BCUT2D eigenvalue weighted by atomic mass is 16.6. The summed E-state index contributed by atoms with van der Waals surface area (Å²) in [5, 5.41) is 23.6. The molecule has 1 aromatic rings. The van der Waals surface area contributed by atoms with Gasteiger partial charge in [-0.05, 0) is 38.3 Å². The molecule has 2 unspecified atom stereocenters. The van der Waals surface area contributed by atoms with Crippen LogP contribution < -0.4 is 5.32 Å². The summed E-state index contributed by atoms with van der Waals surface area (Å²) in [4.78, 5) is 10.5. The van der Waals surface area contributed by atoms with Gasteiger partial charge in [-0.1, -0.05) is 6.92 Å². The summed E-state index contributed by atoms with van der Waals surface area (Å²) in [7, 11) is 0. The number of ether oxygens (including phenoxy) is 1. The van der Waals surface area contributed by atoms with E-state index in [2.05, 4.69) is 19.2 Å². The van der Waals surface area contributed by atoms with E-state index in [4.69, 9.17) is 4.74 Å². The molecule has 2 N–H and O–H groups in total. The van der Waals surface area contributed by atoms with Gasteiger partial charge in [-0.25, -0.2) is 0 Å². The lowest BCUT2D eigenvalue weighted by atomic mass is 9.90. The number of phenols is 1. The van der Waals surface area contributed by atoms with Crippen LogP contribution in [0.4, 0.5) is 11.4 Å². The van der Waals surface area contributed by atoms with Crippen LogP contribution in [0.25, 0.3) is 0 Å². The van der Waals surface area contributed by atoms with E-state index in [0.717, 1.165) is 19.3 Å². The van der Waals surface area contributed by atoms with Gasteiger partial charge < -0.3 is 15.2 Å². The predicted molar refractivity (Wildman–Crippen MR) is 76.1 cm³/mol. The summed E-state index contributed by atoms with van der Waals surface area (Å²) in [6.45, 7) is 4.78. The minimum absolute atomic E-state index is 0.102. The summed E-state index contributed by atoms with van der Waals surface area (Å²) >= 11 is 0. The number of hydrogen-bond donors (Lipinski definition) is 2. The molecule has 110 valence electrons. The van der Waals surface area contributed by atoms with Gasteiger partial charge in [0.2, 0.25) is 0 Å². The third kappa shape index (κ3) is 3.19. The Morgan fingerprint density at radius 2 is 2.35 bits per heavy atom. The Labute approximate surface area is 117 Å². The summed E-state index contributed by atoms with van der Waals surface area (Å²) in [6, 6.07) is 4.30. The highest BCUT2D eigenvalue weighted by molar-refractivity contribution is 5.64. The van der Waals surface area contributed by atoms with Crippen LogP contribution in [0.15, 0.2) is 18.2 Å². The van der Waals surface area contributed by atoms with Gasteiger partial charge >= 0.3 is 0 Å². The number of anilines is 1. The fourth-order valence-electron chi connectivity index (χ4n) is 2.51. The Bertz CT molecular complexity index is 506. The summed E-state index contributed by atoms with van der Waals surface area (Å²) < 4.78 is 5.77. The van der Waals surface area contributed by atoms with Gasteiger partial charge in [0.05, 0.1) is 16.6 Å². The molecule has 1 aliphatic heterocycles. The van der Waals surface area contributed by atoms with Crippen molar-refractivity contribution in [3.8, 4) is 5.75 Å². The van der Waals surface area contributed by atoms with E-state index in [1.165, 1.54) is 12.1 Å². The Balaban J connectivity index is 2.16. The SMILES string of the molecule is CCC1(C)CC(Nc2ccc(O)cc2[N+](=O)[O-])CCO1. The Kier molecular flexibility index (Phi) is 4.13. The number of phenolic OH excluding ortho intramolecular Hbond substituents is 1. The lowest BCUT2D eigenvalue weighted by Gasteiger charge is -2.38. The maximum atomic E-state index is 11.0. The molecular formula is C14H20N2O4. The van der Waals surface area contributed by atoms with Crippen molar-refractivity contribution in [1.29, 1.82) is 0 Å². The summed E-state index contributed by atoms with van der Waals surface area (Å²) in [6.07, 6.45) is 2.53. The van der Waals surface area contributed by atoms with Crippen LogP contribution in [0, 0.1) is 10.1 Å². The first-order valence-electron chi connectivity index (χ1n) is 6.81. The smallest absolute Gasteiger partial charge is 0.296 e.